The zero-order valence-corrected chi connectivity index (χ0v) is 8.47. The van der Waals surface area contributed by atoms with E-state index in [-0.39, 0.29) is 0 Å². The molecule has 2 unspecified atom stereocenters. The van der Waals surface area contributed by atoms with Gasteiger partial charge in [0.15, 0.2) is 0 Å². The van der Waals surface area contributed by atoms with Crippen molar-refractivity contribution in [1.29, 1.82) is 0 Å². The van der Waals surface area contributed by atoms with E-state index in [9.17, 15) is 4.79 Å². The molecule has 0 heterocycles. The Morgan fingerprint density at radius 1 is 1.42 bits per heavy atom. The van der Waals surface area contributed by atoms with Crippen molar-refractivity contribution in [3.63, 3.8) is 0 Å². The number of rotatable bonds is 3. The molecule has 0 N–H and O–H groups in total. The lowest BCUT2D eigenvalue weighted by molar-refractivity contribution is -0.118. The lowest BCUT2D eigenvalue weighted by Gasteiger charge is -2.21. The fraction of sp³-hybridized carbons (Fsp3) is 0.909. The minimum atomic E-state index is 0.368. The summed E-state index contributed by atoms with van der Waals surface area (Å²) in [6.45, 7) is 6.28. The van der Waals surface area contributed by atoms with Crippen LogP contribution in [0, 0.1) is 17.8 Å². The lowest BCUT2D eigenvalue weighted by atomic mass is 9.83. The van der Waals surface area contributed by atoms with Crippen LogP contribution in [0.25, 0.3) is 0 Å². The first-order chi connectivity index (χ1) is 5.61. The first-order valence-corrected chi connectivity index (χ1v) is 5.10. The lowest BCUT2D eigenvalue weighted by Crippen LogP contribution is -2.16. The predicted octanol–water partition coefficient (Wildman–Crippen LogP) is 3.04. The Hall–Kier alpha value is -0.330. The molecule has 0 saturated heterocycles. The SMILES string of the molecule is CC(=O)CC1CCCC1C(C)C. The molecule has 1 aliphatic rings. The second kappa shape index (κ2) is 4.06. The fourth-order valence-corrected chi connectivity index (χ4v) is 2.57. The normalized spacial score (nSPS) is 29.7. The third-order valence-corrected chi connectivity index (χ3v) is 3.12. The Balaban J connectivity index is 2.46. The summed E-state index contributed by atoms with van der Waals surface area (Å²) in [6.07, 6.45) is 4.78. The van der Waals surface area contributed by atoms with Gasteiger partial charge in [-0.05, 0) is 37.5 Å². The monoisotopic (exact) mass is 168 g/mol. The van der Waals surface area contributed by atoms with Gasteiger partial charge in [-0.2, -0.15) is 0 Å². The highest BCUT2D eigenvalue weighted by molar-refractivity contribution is 5.75. The number of carbonyl (C=O) groups excluding carboxylic acids is 1. The number of hydrogen-bond acceptors (Lipinski definition) is 1. The molecule has 1 saturated carbocycles. The topological polar surface area (TPSA) is 17.1 Å². The van der Waals surface area contributed by atoms with Crippen molar-refractivity contribution >= 4 is 5.78 Å². The van der Waals surface area contributed by atoms with E-state index in [4.69, 9.17) is 0 Å². The Kier molecular flexibility index (Phi) is 3.30. The van der Waals surface area contributed by atoms with Crippen LogP contribution in [-0.2, 0) is 4.79 Å². The molecule has 12 heavy (non-hydrogen) atoms. The van der Waals surface area contributed by atoms with Gasteiger partial charge < -0.3 is 4.79 Å². The van der Waals surface area contributed by atoms with Crippen LogP contribution in [-0.4, -0.2) is 5.78 Å². The highest BCUT2D eigenvalue weighted by atomic mass is 16.1. The van der Waals surface area contributed by atoms with E-state index < -0.39 is 0 Å². The number of hydrogen-bond donors (Lipinski definition) is 0. The van der Waals surface area contributed by atoms with Crippen LogP contribution in [0.15, 0.2) is 0 Å². The smallest absolute Gasteiger partial charge is 0.130 e. The molecule has 0 aromatic rings. The highest BCUT2D eigenvalue weighted by Gasteiger charge is 2.29. The minimum Gasteiger partial charge on any atom is -0.300 e. The molecular formula is C11H20O. The Bertz CT molecular complexity index is 160. The number of Topliss-reactive ketones (excluding diaryl/α,β-unsaturated/α-hetero) is 1. The van der Waals surface area contributed by atoms with Crippen molar-refractivity contribution in [3.8, 4) is 0 Å². The molecule has 0 bridgehead atoms. The molecular weight excluding hydrogens is 148 g/mol. The van der Waals surface area contributed by atoms with Gasteiger partial charge in [-0.15, -0.1) is 0 Å². The quantitative estimate of drug-likeness (QED) is 0.633. The van der Waals surface area contributed by atoms with Crippen LogP contribution < -0.4 is 0 Å². The largest absolute Gasteiger partial charge is 0.300 e. The van der Waals surface area contributed by atoms with Gasteiger partial charge in [-0.1, -0.05) is 20.3 Å². The van der Waals surface area contributed by atoms with Crippen LogP contribution in [0.2, 0.25) is 0 Å². The molecule has 2 atom stereocenters. The first kappa shape index (κ1) is 9.76. The summed E-state index contributed by atoms with van der Waals surface area (Å²) < 4.78 is 0. The van der Waals surface area contributed by atoms with Crippen LogP contribution >= 0.6 is 0 Å². The molecule has 0 amide bonds. The molecule has 0 spiro atoms. The summed E-state index contributed by atoms with van der Waals surface area (Å²) in [6, 6.07) is 0. The third kappa shape index (κ3) is 2.33. The van der Waals surface area contributed by atoms with Crippen molar-refractivity contribution in [2.75, 3.05) is 0 Å². The van der Waals surface area contributed by atoms with Gasteiger partial charge >= 0.3 is 0 Å². The summed E-state index contributed by atoms with van der Waals surface area (Å²) in [5.41, 5.74) is 0. The third-order valence-electron chi connectivity index (χ3n) is 3.12. The van der Waals surface area contributed by atoms with E-state index in [1.165, 1.54) is 19.3 Å². The maximum atomic E-state index is 11.0. The average Bonchev–Trinajstić information content (AvgIpc) is 2.33. The minimum absolute atomic E-state index is 0.368. The van der Waals surface area contributed by atoms with E-state index in [1.807, 2.05) is 0 Å². The van der Waals surface area contributed by atoms with Crippen LogP contribution in [0.4, 0.5) is 0 Å². The van der Waals surface area contributed by atoms with Crippen molar-refractivity contribution < 1.29 is 4.79 Å². The van der Waals surface area contributed by atoms with E-state index in [0.29, 0.717) is 11.7 Å². The average molecular weight is 168 g/mol. The van der Waals surface area contributed by atoms with Crippen molar-refractivity contribution in [1.82, 2.24) is 0 Å². The standard InChI is InChI=1S/C11H20O/c1-8(2)11-6-4-5-10(11)7-9(3)12/h8,10-11H,4-7H2,1-3H3. The molecule has 0 aromatic heterocycles. The maximum absolute atomic E-state index is 11.0. The Morgan fingerprint density at radius 2 is 2.08 bits per heavy atom. The molecule has 1 fully saturated rings. The van der Waals surface area contributed by atoms with Gasteiger partial charge in [0.1, 0.15) is 5.78 Å². The van der Waals surface area contributed by atoms with E-state index >= 15 is 0 Å². The molecule has 1 aliphatic carbocycles. The molecule has 0 radical (unpaired) electrons. The van der Waals surface area contributed by atoms with E-state index in [2.05, 4.69) is 13.8 Å². The number of ketones is 1. The second-order valence-corrected chi connectivity index (χ2v) is 4.50. The molecule has 1 rings (SSSR count). The van der Waals surface area contributed by atoms with Gasteiger partial charge in [-0.25, -0.2) is 0 Å². The van der Waals surface area contributed by atoms with E-state index in [0.717, 1.165) is 18.3 Å². The molecule has 1 nitrogen and oxygen atoms in total. The van der Waals surface area contributed by atoms with Crippen molar-refractivity contribution in [2.24, 2.45) is 17.8 Å². The summed E-state index contributed by atoms with van der Waals surface area (Å²) >= 11 is 0. The first-order valence-electron chi connectivity index (χ1n) is 5.10. The Morgan fingerprint density at radius 3 is 2.58 bits per heavy atom. The zero-order chi connectivity index (χ0) is 9.14. The van der Waals surface area contributed by atoms with Crippen LogP contribution in [0.3, 0.4) is 0 Å². The predicted molar refractivity (Wildman–Crippen MR) is 51.0 cm³/mol. The summed E-state index contributed by atoms with van der Waals surface area (Å²) in [7, 11) is 0. The molecule has 0 aromatic carbocycles. The number of carbonyl (C=O) groups is 1. The van der Waals surface area contributed by atoms with Gasteiger partial charge in [0.2, 0.25) is 0 Å². The van der Waals surface area contributed by atoms with Gasteiger partial charge in [0.25, 0.3) is 0 Å². The van der Waals surface area contributed by atoms with Gasteiger partial charge in [0.05, 0.1) is 0 Å². The van der Waals surface area contributed by atoms with Crippen LogP contribution in [0.1, 0.15) is 46.5 Å². The highest BCUT2D eigenvalue weighted by Crippen LogP contribution is 2.38. The van der Waals surface area contributed by atoms with Crippen LogP contribution in [0.5, 0.6) is 0 Å². The van der Waals surface area contributed by atoms with Gasteiger partial charge in [-0.3, -0.25) is 0 Å². The summed E-state index contributed by atoms with van der Waals surface area (Å²) in [4.78, 5) is 11.0. The van der Waals surface area contributed by atoms with Gasteiger partial charge in [0, 0.05) is 6.42 Å². The second-order valence-electron chi connectivity index (χ2n) is 4.50. The van der Waals surface area contributed by atoms with Crippen molar-refractivity contribution in [3.05, 3.63) is 0 Å². The Labute approximate surface area is 75.5 Å². The zero-order valence-electron chi connectivity index (χ0n) is 8.47. The fourth-order valence-electron chi connectivity index (χ4n) is 2.57. The molecule has 70 valence electrons. The van der Waals surface area contributed by atoms with Crippen molar-refractivity contribution in [2.45, 2.75) is 46.5 Å². The summed E-state index contributed by atoms with van der Waals surface area (Å²) in [5, 5.41) is 0. The molecule has 0 aliphatic heterocycles. The van der Waals surface area contributed by atoms with E-state index in [1.54, 1.807) is 6.92 Å². The molecule has 1 heteroatoms. The summed E-state index contributed by atoms with van der Waals surface area (Å²) in [5.74, 6) is 2.64. The maximum Gasteiger partial charge on any atom is 0.130 e.